The second kappa shape index (κ2) is 6.70. The number of hydrogen-bond acceptors (Lipinski definition) is 5. The van der Waals surface area contributed by atoms with Crippen molar-refractivity contribution in [3.05, 3.63) is 36.0 Å². The molecule has 0 spiro atoms. The number of ether oxygens (including phenoxy) is 1. The molecule has 1 N–H and O–H groups in total. The fourth-order valence-corrected chi connectivity index (χ4v) is 1.59. The van der Waals surface area contributed by atoms with E-state index in [0.29, 0.717) is 24.5 Å². The van der Waals surface area contributed by atoms with Crippen molar-refractivity contribution in [2.24, 2.45) is 5.92 Å². The maximum absolute atomic E-state index is 11.9. The maximum atomic E-state index is 11.9. The standard InChI is InChI=1S/C14H17N3O3/c1-10(8-9-19-12-6-4-3-5-7-12)14(18)15-13-11(2)16-20-17-13/h3-7,10H,8-9H2,1-2H3,(H,15,17,18)/t10-/m1/s1. The first-order valence-corrected chi connectivity index (χ1v) is 6.44. The van der Waals surface area contributed by atoms with E-state index in [0.717, 1.165) is 5.75 Å². The summed E-state index contributed by atoms with van der Waals surface area (Å²) in [6.07, 6.45) is 0.616. The van der Waals surface area contributed by atoms with Gasteiger partial charge in [0.1, 0.15) is 11.4 Å². The van der Waals surface area contributed by atoms with Crippen LogP contribution < -0.4 is 10.1 Å². The van der Waals surface area contributed by atoms with Crippen LogP contribution in [-0.2, 0) is 4.79 Å². The van der Waals surface area contributed by atoms with Gasteiger partial charge in [0.05, 0.1) is 6.61 Å². The molecule has 0 radical (unpaired) electrons. The molecular formula is C14H17N3O3. The number of aryl methyl sites for hydroxylation is 1. The van der Waals surface area contributed by atoms with Crippen molar-refractivity contribution < 1.29 is 14.2 Å². The van der Waals surface area contributed by atoms with Crippen LogP contribution in [0.15, 0.2) is 35.0 Å². The number of rotatable bonds is 6. The largest absolute Gasteiger partial charge is 0.494 e. The lowest BCUT2D eigenvalue weighted by molar-refractivity contribution is -0.119. The Morgan fingerprint density at radius 3 is 2.75 bits per heavy atom. The van der Waals surface area contributed by atoms with Crippen molar-refractivity contribution in [3.8, 4) is 5.75 Å². The number of carbonyl (C=O) groups excluding carboxylic acids is 1. The summed E-state index contributed by atoms with van der Waals surface area (Å²) in [5, 5.41) is 9.90. The molecule has 1 heterocycles. The third kappa shape index (κ3) is 3.81. The third-order valence-electron chi connectivity index (χ3n) is 2.90. The number of hydrogen-bond donors (Lipinski definition) is 1. The fraction of sp³-hybridized carbons (Fsp3) is 0.357. The van der Waals surface area contributed by atoms with Crippen LogP contribution in [0.25, 0.3) is 0 Å². The molecule has 0 saturated heterocycles. The van der Waals surface area contributed by atoms with Crippen LogP contribution in [0.5, 0.6) is 5.75 Å². The Labute approximate surface area is 117 Å². The van der Waals surface area contributed by atoms with Gasteiger partial charge in [-0.15, -0.1) is 0 Å². The summed E-state index contributed by atoms with van der Waals surface area (Å²) in [4.78, 5) is 11.9. The van der Waals surface area contributed by atoms with Crippen molar-refractivity contribution in [2.75, 3.05) is 11.9 Å². The number of nitrogens with zero attached hydrogens (tertiary/aromatic N) is 2. The van der Waals surface area contributed by atoms with Crippen molar-refractivity contribution in [3.63, 3.8) is 0 Å². The molecule has 6 nitrogen and oxygen atoms in total. The van der Waals surface area contributed by atoms with Gasteiger partial charge in [-0.3, -0.25) is 4.79 Å². The Balaban J connectivity index is 1.76. The quantitative estimate of drug-likeness (QED) is 0.876. The van der Waals surface area contributed by atoms with Gasteiger partial charge in [0, 0.05) is 5.92 Å². The van der Waals surface area contributed by atoms with E-state index in [2.05, 4.69) is 20.3 Å². The highest BCUT2D eigenvalue weighted by molar-refractivity contribution is 5.91. The summed E-state index contributed by atoms with van der Waals surface area (Å²) >= 11 is 0. The number of anilines is 1. The van der Waals surface area contributed by atoms with Gasteiger partial charge >= 0.3 is 0 Å². The van der Waals surface area contributed by atoms with Crippen molar-refractivity contribution in [1.29, 1.82) is 0 Å². The monoisotopic (exact) mass is 275 g/mol. The number of aromatic nitrogens is 2. The Kier molecular flexibility index (Phi) is 4.70. The molecular weight excluding hydrogens is 258 g/mol. The van der Waals surface area contributed by atoms with E-state index in [9.17, 15) is 4.79 Å². The fourth-order valence-electron chi connectivity index (χ4n) is 1.59. The number of amides is 1. The Hall–Kier alpha value is -2.37. The minimum atomic E-state index is -0.185. The van der Waals surface area contributed by atoms with Crippen molar-refractivity contribution >= 4 is 11.7 Å². The molecule has 0 saturated carbocycles. The summed E-state index contributed by atoms with van der Waals surface area (Å²) in [6, 6.07) is 9.51. The molecule has 0 unspecified atom stereocenters. The zero-order chi connectivity index (χ0) is 14.4. The first-order chi connectivity index (χ1) is 9.66. The molecule has 0 aliphatic rings. The van der Waals surface area contributed by atoms with Gasteiger partial charge in [-0.05, 0) is 30.6 Å². The molecule has 0 aliphatic carbocycles. The van der Waals surface area contributed by atoms with Crippen LogP contribution in [-0.4, -0.2) is 22.8 Å². The highest BCUT2D eigenvalue weighted by Crippen LogP contribution is 2.13. The first-order valence-electron chi connectivity index (χ1n) is 6.44. The normalized spacial score (nSPS) is 11.9. The molecule has 1 aromatic heterocycles. The van der Waals surface area contributed by atoms with Crippen LogP contribution >= 0.6 is 0 Å². The smallest absolute Gasteiger partial charge is 0.228 e. The second-order valence-electron chi connectivity index (χ2n) is 4.54. The zero-order valence-corrected chi connectivity index (χ0v) is 11.5. The van der Waals surface area contributed by atoms with Gasteiger partial charge in [0.25, 0.3) is 0 Å². The summed E-state index contributed by atoms with van der Waals surface area (Å²) in [5.74, 6) is 0.859. The van der Waals surface area contributed by atoms with Crippen LogP contribution in [0, 0.1) is 12.8 Å². The van der Waals surface area contributed by atoms with Gasteiger partial charge in [0.15, 0.2) is 5.82 Å². The van der Waals surface area contributed by atoms with E-state index < -0.39 is 0 Å². The SMILES string of the molecule is Cc1nonc1NC(=O)[C@H](C)CCOc1ccccc1. The average molecular weight is 275 g/mol. The van der Waals surface area contributed by atoms with Crippen LogP contribution in [0.1, 0.15) is 19.0 Å². The van der Waals surface area contributed by atoms with Crippen LogP contribution in [0.2, 0.25) is 0 Å². The summed E-state index contributed by atoms with van der Waals surface area (Å²) in [6.45, 7) is 4.04. The summed E-state index contributed by atoms with van der Waals surface area (Å²) in [7, 11) is 0. The first kappa shape index (κ1) is 14.0. The number of benzene rings is 1. The molecule has 1 amide bonds. The molecule has 1 atom stereocenters. The Bertz CT molecular complexity index is 554. The van der Waals surface area contributed by atoms with Gasteiger partial charge in [-0.25, -0.2) is 4.63 Å². The third-order valence-corrected chi connectivity index (χ3v) is 2.90. The summed E-state index contributed by atoms with van der Waals surface area (Å²) in [5.41, 5.74) is 0.561. The van der Waals surface area contributed by atoms with Gasteiger partial charge in [-0.2, -0.15) is 0 Å². The lowest BCUT2D eigenvalue weighted by Crippen LogP contribution is -2.22. The van der Waals surface area contributed by atoms with Crippen molar-refractivity contribution in [1.82, 2.24) is 10.3 Å². The maximum Gasteiger partial charge on any atom is 0.228 e. The predicted molar refractivity (Wildman–Crippen MR) is 73.4 cm³/mol. The van der Waals surface area contributed by atoms with E-state index in [-0.39, 0.29) is 11.8 Å². The number of nitrogens with one attached hydrogen (secondary N) is 1. The lowest BCUT2D eigenvalue weighted by atomic mass is 10.1. The summed E-state index contributed by atoms with van der Waals surface area (Å²) < 4.78 is 10.1. The minimum absolute atomic E-state index is 0.125. The van der Waals surface area contributed by atoms with E-state index in [1.54, 1.807) is 6.92 Å². The molecule has 2 aromatic rings. The second-order valence-corrected chi connectivity index (χ2v) is 4.54. The van der Waals surface area contributed by atoms with E-state index in [4.69, 9.17) is 4.74 Å². The lowest BCUT2D eigenvalue weighted by Gasteiger charge is -2.11. The topological polar surface area (TPSA) is 77.3 Å². The minimum Gasteiger partial charge on any atom is -0.494 e. The van der Waals surface area contributed by atoms with Gasteiger partial charge in [-0.1, -0.05) is 30.3 Å². The van der Waals surface area contributed by atoms with E-state index >= 15 is 0 Å². The van der Waals surface area contributed by atoms with E-state index in [1.807, 2.05) is 37.3 Å². The Morgan fingerprint density at radius 1 is 1.35 bits per heavy atom. The molecule has 6 heteroatoms. The van der Waals surface area contributed by atoms with Gasteiger partial charge in [0.2, 0.25) is 5.91 Å². The predicted octanol–water partition coefficient (Wildman–Crippen LogP) is 2.42. The highest BCUT2D eigenvalue weighted by atomic mass is 16.6. The highest BCUT2D eigenvalue weighted by Gasteiger charge is 2.16. The van der Waals surface area contributed by atoms with Crippen molar-refractivity contribution in [2.45, 2.75) is 20.3 Å². The molecule has 1 aromatic carbocycles. The zero-order valence-electron chi connectivity index (χ0n) is 11.5. The molecule has 2 rings (SSSR count). The molecule has 0 aliphatic heterocycles. The number of para-hydroxylation sites is 1. The van der Waals surface area contributed by atoms with Gasteiger partial charge < -0.3 is 10.1 Å². The molecule has 20 heavy (non-hydrogen) atoms. The molecule has 0 fully saturated rings. The number of carbonyl (C=O) groups is 1. The Morgan fingerprint density at radius 2 is 2.10 bits per heavy atom. The molecule has 0 bridgehead atoms. The van der Waals surface area contributed by atoms with Crippen LogP contribution in [0.4, 0.5) is 5.82 Å². The van der Waals surface area contributed by atoms with Crippen LogP contribution in [0.3, 0.4) is 0 Å². The average Bonchev–Trinajstić information content (AvgIpc) is 2.85. The molecule has 106 valence electrons. The van der Waals surface area contributed by atoms with E-state index in [1.165, 1.54) is 0 Å².